The van der Waals surface area contributed by atoms with Gasteiger partial charge in [-0.05, 0) is 30.4 Å². The van der Waals surface area contributed by atoms with E-state index < -0.39 is 5.41 Å². The molecule has 2 aliphatic rings. The maximum absolute atomic E-state index is 12.9. The van der Waals surface area contributed by atoms with Crippen molar-refractivity contribution in [3.05, 3.63) is 77.5 Å². The molecule has 2 aliphatic carbocycles. The third-order valence-electron chi connectivity index (χ3n) is 6.69. The van der Waals surface area contributed by atoms with E-state index in [0.717, 1.165) is 40.9 Å². The third kappa shape index (κ3) is 2.42. The number of nitriles is 1. The van der Waals surface area contributed by atoms with E-state index in [-0.39, 0.29) is 23.2 Å². The Hall–Kier alpha value is -3.59. The Labute approximate surface area is 174 Å². The van der Waals surface area contributed by atoms with E-state index in [4.69, 9.17) is 5.10 Å². The summed E-state index contributed by atoms with van der Waals surface area (Å²) in [7, 11) is 1.94. The molecule has 6 heteroatoms. The highest BCUT2D eigenvalue weighted by atomic mass is 16.1. The fourth-order valence-electron chi connectivity index (χ4n) is 5.46. The summed E-state index contributed by atoms with van der Waals surface area (Å²) in [5, 5.41) is 14.6. The maximum Gasteiger partial charge on any atom is 0.176 e. The van der Waals surface area contributed by atoms with Crippen molar-refractivity contribution in [2.45, 2.75) is 25.2 Å². The van der Waals surface area contributed by atoms with Crippen molar-refractivity contribution in [1.82, 2.24) is 19.7 Å². The molecular weight excluding hydrogens is 374 g/mol. The number of fused-ring (bicyclic) bond motifs is 3. The summed E-state index contributed by atoms with van der Waals surface area (Å²) in [6, 6.07) is 12.4. The molecule has 2 aromatic heterocycles. The van der Waals surface area contributed by atoms with Gasteiger partial charge in [-0.15, -0.1) is 0 Å². The van der Waals surface area contributed by atoms with Crippen LogP contribution < -0.4 is 0 Å². The van der Waals surface area contributed by atoms with Crippen LogP contribution in [0, 0.1) is 23.2 Å². The minimum absolute atomic E-state index is 0.0589. The molecule has 0 aliphatic heterocycles. The van der Waals surface area contributed by atoms with Crippen molar-refractivity contribution >= 4 is 5.78 Å². The minimum Gasteiger partial charge on any atom is -0.293 e. The molecule has 0 N–H and O–H groups in total. The quantitative estimate of drug-likeness (QED) is 0.664. The smallest absolute Gasteiger partial charge is 0.176 e. The number of carbonyl (C=O) groups excluding carboxylic acids is 1. The summed E-state index contributed by atoms with van der Waals surface area (Å²) in [5.74, 6) is -0.236. The molecule has 0 amide bonds. The zero-order chi connectivity index (χ0) is 20.9. The van der Waals surface area contributed by atoms with Crippen LogP contribution in [0.4, 0.5) is 0 Å². The Morgan fingerprint density at radius 1 is 1.20 bits per heavy atom. The van der Waals surface area contributed by atoms with Gasteiger partial charge in [0.1, 0.15) is 12.4 Å². The predicted octanol–water partition coefficient (Wildman–Crippen LogP) is 3.39. The molecule has 0 saturated heterocycles. The number of aromatic nitrogens is 4. The van der Waals surface area contributed by atoms with Crippen molar-refractivity contribution in [1.29, 1.82) is 5.26 Å². The monoisotopic (exact) mass is 395 g/mol. The summed E-state index contributed by atoms with van der Waals surface area (Å²) < 4.78 is 1.92. The summed E-state index contributed by atoms with van der Waals surface area (Å²) in [6.45, 7) is 1.96. The first kappa shape index (κ1) is 18.4. The Morgan fingerprint density at radius 2 is 1.93 bits per heavy atom. The zero-order valence-corrected chi connectivity index (χ0v) is 16.9. The summed E-state index contributed by atoms with van der Waals surface area (Å²) in [5.41, 5.74) is 4.68. The normalized spacial score (nSPS) is 25.1. The fourth-order valence-corrected chi connectivity index (χ4v) is 5.46. The maximum atomic E-state index is 12.9. The lowest BCUT2D eigenvalue weighted by Gasteiger charge is -2.48. The lowest BCUT2D eigenvalue weighted by Crippen LogP contribution is -2.48. The van der Waals surface area contributed by atoms with Crippen molar-refractivity contribution in [3.8, 4) is 17.3 Å². The van der Waals surface area contributed by atoms with E-state index >= 15 is 0 Å². The number of benzene rings is 1. The van der Waals surface area contributed by atoms with Crippen LogP contribution in [0.5, 0.6) is 0 Å². The molecule has 0 spiro atoms. The first-order chi connectivity index (χ1) is 14.6. The van der Waals surface area contributed by atoms with Crippen LogP contribution in [-0.2, 0) is 23.7 Å². The molecule has 2 unspecified atom stereocenters. The van der Waals surface area contributed by atoms with Gasteiger partial charge >= 0.3 is 0 Å². The number of Topliss-reactive ketones (excluding diaryl/α,β-unsaturated/α-hetero) is 1. The van der Waals surface area contributed by atoms with E-state index in [9.17, 15) is 10.1 Å². The molecule has 148 valence electrons. The summed E-state index contributed by atoms with van der Waals surface area (Å²) in [6.07, 6.45) is 8.63. The van der Waals surface area contributed by atoms with Crippen LogP contribution in [0.1, 0.15) is 30.2 Å². The number of aryl methyl sites for hydroxylation is 1. The van der Waals surface area contributed by atoms with Crippen LogP contribution in [0.2, 0.25) is 0 Å². The van der Waals surface area contributed by atoms with Gasteiger partial charge in [0.2, 0.25) is 0 Å². The molecule has 1 aromatic carbocycles. The van der Waals surface area contributed by atoms with E-state index in [1.807, 2.05) is 42.9 Å². The first-order valence-corrected chi connectivity index (χ1v) is 10.1. The Kier molecular flexibility index (Phi) is 4.14. The van der Waals surface area contributed by atoms with Gasteiger partial charge in [0.05, 0.1) is 22.4 Å². The van der Waals surface area contributed by atoms with Gasteiger partial charge in [-0.1, -0.05) is 37.3 Å². The number of nitrogens with zero attached hydrogens (tertiary/aromatic N) is 5. The molecule has 0 radical (unpaired) electrons. The number of rotatable bonds is 2. The van der Waals surface area contributed by atoms with Gasteiger partial charge in [0.15, 0.2) is 5.78 Å². The van der Waals surface area contributed by atoms with Gasteiger partial charge < -0.3 is 0 Å². The molecule has 0 bridgehead atoms. The van der Waals surface area contributed by atoms with Crippen LogP contribution >= 0.6 is 0 Å². The second kappa shape index (κ2) is 6.74. The van der Waals surface area contributed by atoms with Crippen molar-refractivity contribution < 1.29 is 4.79 Å². The van der Waals surface area contributed by atoms with Gasteiger partial charge in [-0.25, -0.2) is 9.97 Å². The molecule has 0 saturated carbocycles. The van der Waals surface area contributed by atoms with Crippen molar-refractivity contribution in [2.75, 3.05) is 0 Å². The molecule has 6 nitrogen and oxygen atoms in total. The molecule has 5 rings (SSSR count). The second-order valence-corrected chi connectivity index (χ2v) is 8.13. The predicted molar refractivity (Wildman–Crippen MR) is 111 cm³/mol. The van der Waals surface area contributed by atoms with Gasteiger partial charge in [-0.2, -0.15) is 10.4 Å². The molecule has 2 heterocycles. The lowest BCUT2D eigenvalue weighted by molar-refractivity contribution is -0.121. The van der Waals surface area contributed by atoms with Crippen LogP contribution in [0.15, 0.2) is 60.7 Å². The number of allylic oxidation sites excluding steroid dienone is 2. The third-order valence-corrected chi connectivity index (χ3v) is 6.69. The Morgan fingerprint density at radius 3 is 2.63 bits per heavy atom. The highest BCUT2D eigenvalue weighted by molar-refractivity contribution is 6.02. The highest BCUT2D eigenvalue weighted by Gasteiger charge is 2.54. The lowest BCUT2D eigenvalue weighted by atomic mass is 9.54. The average molecular weight is 395 g/mol. The van der Waals surface area contributed by atoms with Gasteiger partial charge in [0.25, 0.3) is 0 Å². The van der Waals surface area contributed by atoms with Crippen LogP contribution in [0.3, 0.4) is 0 Å². The molecule has 30 heavy (non-hydrogen) atoms. The highest BCUT2D eigenvalue weighted by Crippen LogP contribution is 2.54. The largest absolute Gasteiger partial charge is 0.293 e. The topological polar surface area (TPSA) is 84.5 Å². The standard InChI is InChI=1S/C24H21N5O/c1-15-20-9-8-19-21(17-12-26-14-27-13-17)28-29(2)23(19)24(20,10-16(11-25)22(15)30)18-6-4-3-5-7-18/h3-7,10,12-15,20H,8-9H2,1-2H3/t15?,20?,24-/m1/s1. The Bertz CT molecular complexity index is 1210. The number of carbonyl (C=O) groups is 1. The molecular formula is C24H21N5O. The van der Waals surface area contributed by atoms with E-state index in [2.05, 4.69) is 28.2 Å². The van der Waals surface area contributed by atoms with E-state index in [1.54, 1.807) is 12.4 Å². The number of ketones is 1. The summed E-state index contributed by atoms with van der Waals surface area (Å²) in [4.78, 5) is 21.2. The van der Waals surface area contributed by atoms with E-state index in [1.165, 1.54) is 6.33 Å². The molecule has 3 aromatic rings. The summed E-state index contributed by atoms with van der Waals surface area (Å²) >= 11 is 0. The van der Waals surface area contributed by atoms with Crippen LogP contribution in [0.25, 0.3) is 11.3 Å². The minimum atomic E-state index is -0.580. The van der Waals surface area contributed by atoms with Gasteiger partial charge in [0, 0.05) is 36.5 Å². The zero-order valence-electron chi connectivity index (χ0n) is 16.9. The first-order valence-electron chi connectivity index (χ1n) is 10.1. The molecule has 3 atom stereocenters. The van der Waals surface area contributed by atoms with Crippen molar-refractivity contribution in [3.63, 3.8) is 0 Å². The average Bonchev–Trinajstić information content (AvgIpc) is 3.14. The van der Waals surface area contributed by atoms with Gasteiger partial charge in [-0.3, -0.25) is 9.48 Å². The Balaban J connectivity index is 1.86. The fraction of sp³-hybridized carbons (Fsp3) is 0.292. The number of hydrogen-bond acceptors (Lipinski definition) is 5. The second-order valence-electron chi connectivity index (χ2n) is 8.13. The number of hydrogen-bond donors (Lipinski definition) is 0. The van der Waals surface area contributed by atoms with Crippen molar-refractivity contribution in [2.24, 2.45) is 18.9 Å². The van der Waals surface area contributed by atoms with E-state index in [0.29, 0.717) is 0 Å². The molecule has 0 fully saturated rings. The SMILES string of the molecule is CC1C(=O)C(C#N)=C[C@]2(c3ccccc3)c3c(c(-c4cncnc4)nn3C)CCC12. The van der Waals surface area contributed by atoms with Crippen LogP contribution in [-0.4, -0.2) is 25.5 Å².